The highest BCUT2D eigenvalue weighted by atomic mass is 28.4. The first-order chi connectivity index (χ1) is 10.7. The zero-order valence-electron chi connectivity index (χ0n) is 15.8. The van der Waals surface area contributed by atoms with Crippen molar-refractivity contribution in [1.29, 1.82) is 0 Å². The van der Waals surface area contributed by atoms with Gasteiger partial charge < -0.3 is 9.16 Å². The Hall–Kier alpha value is -0.903. The van der Waals surface area contributed by atoms with Gasteiger partial charge in [0.15, 0.2) is 8.32 Å². The van der Waals surface area contributed by atoms with Crippen LogP contribution < -0.4 is 0 Å². The van der Waals surface area contributed by atoms with Gasteiger partial charge in [-0.2, -0.15) is 0 Å². The van der Waals surface area contributed by atoms with Gasteiger partial charge >= 0.3 is 0 Å². The second kappa shape index (κ2) is 8.81. The quantitative estimate of drug-likeness (QED) is 0.419. The first-order valence-corrected chi connectivity index (χ1v) is 11.5. The molecule has 0 aliphatic carbocycles. The van der Waals surface area contributed by atoms with E-state index in [-0.39, 0.29) is 11.1 Å². The Balaban J connectivity index is 2.57. The van der Waals surface area contributed by atoms with Crippen LogP contribution in [-0.2, 0) is 15.8 Å². The third kappa shape index (κ3) is 6.62. The van der Waals surface area contributed by atoms with Crippen molar-refractivity contribution in [3.8, 4) is 0 Å². The van der Waals surface area contributed by atoms with Crippen LogP contribution in [0, 0.1) is 5.92 Å². The zero-order chi connectivity index (χ0) is 17.5. The van der Waals surface area contributed by atoms with Gasteiger partial charge in [0, 0.05) is 5.92 Å². The van der Waals surface area contributed by atoms with Crippen molar-refractivity contribution >= 4 is 8.32 Å². The minimum atomic E-state index is -1.77. The minimum absolute atomic E-state index is 0.184. The normalized spacial score (nSPS) is 15.2. The van der Waals surface area contributed by atoms with E-state index in [1.807, 2.05) is 24.3 Å². The van der Waals surface area contributed by atoms with E-state index in [9.17, 15) is 0 Å². The molecular weight excluding hydrogens is 300 g/mol. The smallest absolute Gasteiger partial charge is 0.192 e. The molecule has 0 fully saturated rings. The molecule has 23 heavy (non-hydrogen) atoms. The van der Waals surface area contributed by atoms with Crippen molar-refractivity contribution in [2.75, 3.05) is 6.61 Å². The topological polar surface area (TPSA) is 18.5 Å². The Kier molecular flexibility index (Phi) is 7.72. The van der Waals surface area contributed by atoms with Crippen LogP contribution >= 0.6 is 0 Å². The summed E-state index contributed by atoms with van der Waals surface area (Å²) < 4.78 is 12.5. The molecule has 0 unspecified atom stereocenters. The first-order valence-electron chi connectivity index (χ1n) is 8.58. The van der Waals surface area contributed by atoms with Crippen LogP contribution in [0.2, 0.25) is 18.1 Å². The summed E-state index contributed by atoms with van der Waals surface area (Å²) in [4.78, 5) is 0. The lowest BCUT2D eigenvalue weighted by Crippen LogP contribution is -2.46. The lowest BCUT2D eigenvalue weighted by molar-refractivity contribution is 0.0352. The van der Waals surface area contributed by atoms with E-state index in [0.29, 0.717) is 19.1 Å². The van der Waals surface area contributed by atoms with E-state index in [4.69, 9.17) is 9.16 Å². The highest BCUT2D eigenvalue weighted by molar-refractivity contribution is 6.74. The predicted octanol–water partition coefficient (Wildman–Crippen LogP) is 5.81. The molecule has 0 saturated carbocycles. The SMILES string of the molecule is C=CC[C@H](O[Si](C)(C)C(C)(C)C)[C@@H](C)COCc1ccccc1. The Morgan fingerprint density at radius 3 is 2.30 bits per heavy atom. The molecule has 1 aromatic rings. The Morgan fingerprint density at radius 2 is 1.78 bits per heavy atom. The molecule has 3 heteroatoms. The summed E-state index contributed by atoms with van der Waals surface area (Å²) in [5, 5.41) is 0.219. The van der Waals surface area contributed by atoms with Crippen molar-refractivity contribution in [2.24, 2.45) is 5.92 Å². The molecule has 0 heterocycles. The fraction of sp³-hybridized carbons (Fsp3) is 0.600. The molecule has 0 aliphatic heterocycles. The lowest BCUT2D eigenvalue weighted by Gasteiger charge is -2.40. The molecule has 2 atom stereocenters. The second-order valence-corrected chi connectivity index (χ2v) is 12.7. The highest BCUT2D eigenvalue weighted by Crippen LogP contribution is 2.38. The van der Waals surface area contributed by atoms with E-state index < -0.39 is 8.32 Å². The monoisotopic (exact) mass is 334 g/mol. The van der Waals surface area contributed by atoms with Crippen molar-refractivity contribution in [3.63, 3.8) is 0 Å². The molecule has 0 aromatic heterocycles. The first kappa shape index (κ1) is 20.1. The van der Waals surface area contributed by atoms with Gasteiger partial charge in [-0.25, -0.2) is 0 Å². The van der Waals surface area contributed by atoms with Crippen molar-refractivity contribution in [2.45, 2.75) is 65.0 Å². The molecule has 0 spiro atoms. The van der Waals surface area contributed by atoms with Gasteiger partial charge in [-0.1, -0.05) is 64.1 Å². The van der Waals surface area contributed by atoms with E-state index in [1.165, 1.54) is 5.56 Å². The van der Waals surface area contributed by atoms with Crippen molar-refractivity contribution in [1.82, 2.24) is 0 Å². The number of hydrogen-bond acceptors (Lipinski definition) is 2. The van der Waals surface area contributed by atoms with Gasteiger partial charge in [0.2, 0.25) is 0 Å². The van der Waals surface area contributed by atoms with E-state index in [2.05, 4.69) is 59.5 Å². The van der Waals surface area contributed by atoms with Crippen LogP contribution in [0.5, 0.6) is 0 Å². The fourth-order valence-electron chi connectivity index (χ4n) is 2.16. The average Bonchev–Trinajstić information content (AvgIpc) is 2.46. The summed E-state index contributed by atoms with van der Waals surface area (Å²) in [5.41, 5.74) is 1.21. The zero-order valence-corrected chi connectivity index (χ0v) is 16.8. The largest absolute Gasteiger partial charge is 0.413 e. The van der Waals surface area contributed by atoms with Crippen molar-refractivity contribution in [3.05, 3.63) is 48.6 Å². The van der Waals surface area contributed by atoms with Gasteiger partial charge in [-0.15, -0.1) is 6.58 Å². The predicted molar refractivity (Wildman–Crippen MR) is 102 cm³/mol. The summed E-state index contributed by atoms with van der Waals surface area (Å²) in [6.45, 7) is 18.9. The van der Waals surface area contributed by atoms with Gasteiger partial charge in [0.05, 0.1) is 19.3 Å². The number of hydrogen-bond donors (Lipinski definition) is 0. The molecule has 0 amide bonds. The highest BCUT2D eigenvalue weighted by Gasteiger charge is 2.39. The standard InChI is InChI=1S/C20H34O2Si/c1-8-12-19(22-23(6,7)20(3,4)5)17(2)15-21-16-18-13-10-9-11-14-18/h8-11,13-14,17,19H,1,12,15-16H2,2-7H3/t17-,19-/m0/s1. The Labute approximate surface area is 144 Å². The van der Waals surface area contributed by atoms with Crippen LogP contribution in [-0.4, -0.2) is 21.0 Å². The van der Waals surface area contributed by atoms with Crippen LogP contribution in [0.4, 0.5) is 0 Å². The summed E-state index contributed by atoms with van der Waals surface area (Å²) >= 11 is 0. The van der Waals surface area contributed by atoms with E-state index >= 15 is 0 Å². The van der Waals surface area contributed by atoms with Gasteiger partial charge in [-0.3, -0.25) is 0 Å². The Bertz CT molecular complexity index is 462. The Morgan fingerprint density at radius 1 is 1.17 bits per heavy atom. The van der Waals surface area contributed by atoms with Crippen LogP contribution in [0.25, 0.3) is 0 Å². The number of ether oxygens (including phenoxy) is 1. The molecule has 2 nitrogen and oxygen atoms in total. The summed E-state index contributed by atoms with van der Waals surface area (Å²) in [6.07, 6.45) is 3.03. The maximum absolute atomic E-state index is 6.59. The lowest BCUT2D eigenvalue weighted by atomic mass is 10.0. The maximum atomic E-state index is 6.59. The molecule has 0 bridgehead atoms. The van der Waals surface area contributed by atoms with Gasteiger partial charge in [0.25, 0.3) is 0 Å². The maximum Gasteiger partial charge on any atom is 0.192 e. The van der Waals surface area contributed by atoms with Crippen LogP contribution in [0.1, 0.15) is 39.7 Å². The molecule has 0 N–H and O–H groups in total. The number of rotatable bonds is 9. The summed E-state index contributed by atoms with van der Waals surface area (Å²) in [6, 6.07) is 10.3. The fourth-order valence-corrected chi connectivity index (χ4v) is 3.60. The average molecular weight is 335 g/mol. The third-order valence-electron chi connectivity index (χ3n) is 4.78. The van der Waals surface area contributed by atoms with Gasteiger partial charge in [-0.05, 0) is 30.1 Å². The molecule has 0 saturated heterocycles. The summed E-state index contributed by atoms with van der Waals surface area (Å²) in [5.74, 6) is 0.353. The molecule has 130 valence electrons. The van der Waals surface area contributed by atoms with E-state index in [1.54, 1.807) is 0 Å². The molecule has 1 aromatic carbocycles. The van der Waals surface area contributed by atoms with Crippen molar-refractivity contribution < 1.29 is 9.16 Å². The second-order valence-electron chi connectivity index (χ2n) is 7.92. The molecule has 0 aliphatic rings. The number of benzene rings is 1. The molecular formula is C20H34O2Si. The molecule has 1 rings (SSSR count). The van der Waals surface area contributed by atoms with E-state index in [0.717, 1.165) is 6.42 Å². The van der Waals surface area contributed by atoms with Crippen LogP contribution in [0.15, 0.2) is 43.0 Å². The van der Waals surface area contributed by atoms with Crippen LogP contribution in [0.3, 0.4) is 0 Å². The molecule has 0 radical (unpaired) electrons. The summed E-state index contributed by atoms with van der Waals surface area (Å²) in [7, 11) is -1.77. The minimum Gasteiger partial charge on any atom is -0.413 e. The third-order valence-corrected chi connectivity index (χ3v) is 9.28. The van der Waals surface area contributed by atoms with Gasteiger partial charge in [0.1, 0.15) is 0 Å².